The summed E-state index contributed by atoms with van der Waals surface area (Å²) in [5.74, 6) is -0.375. The van der Waals surface area contributed by atoms with Crippen LogP contribution in [-0.2, 0) is 21.2 Å². The van der Waals surface area contributed by atoms with Gasteiger partial charge in [-0.3, -0.25) is 4.79 Å². The van der Waals surface area contributed by atoms with Gasteiger partial charge in [0.15, 0.2) is 0 Å². The molecule has 0 fully saturated rings. The first-order chi connectivity index (χ1) is 13.9. The molecule has 0 spiro atoms. The summed E-state index contributed by atoms with van der Waals surface area (Å²) < 4.78 is 27.6. The van der Waals surface area contributed by atoms with Crippen LogP contribution in [0.2, 0.25) is 0 Å². The van der Waals surface area contributed by atoms with Crippen molar-refractivity contribution in [1.29, 1.82) is 0 Å². The van der Waals surface area contributed by atoms with Gasteiger partial charge < -0.3 is 5.32 Å². The number of benzene rings is 3. The lowest BCUT2D eigenvalue weighted by molar-refractivity contribution is -0.116. The number of carbonyl (C=O) groups excluding carboxylic acids is 1. The number of sulfonamides is 1. The molecule has 0 radical (unpaired) electrons. The molecule has 0 unspecified atom stereocenters. The van der Waals surface area contributed by atoms with Gasteiger partial charge >= 0.3 is 0 Å². The van der Waals surface area contributed by atoms with Gasteiger partial charge in [-0.25, -0.2) is 8.42 Å². The molecular formula is C23H24N2O3S. The van der Waals surface area contributed by atoms with E-state index in [1.165, 1.54) is 4.31 Å². The Labute approximate surface area is 172 Å². The van der Waals surface area contributed by atoms with Crippen LogP contribution in [0.25, 0.3) is 0 Å². The molecule has 0 atom stereocenters. The van der Waals surface area contributed by atoms with Crippen LogP contribution in [0.5, 0.6) is 0 Å². The monoisotopic (exact) mass is 408 g/mol. The highest BCUT2D eigenvalue weighted by atomic mass is 32.2. The smallest absolute Gasteiger partial charge is 0.243 e. The Kier molecular flexibility index (Phi) is 6.80. The molecule has 3 aromatic carbocycles. The van der Waals surface area contributed by atoms with E-state index in [-0.39, 0.29) is 23.9 Å². The van der Waals surface area contributed by atoms with Crippen LogP contribution in [0.15, 0.2) is 89.8 Å². The zero-order chi connectivity index (χ0) is 20.7. The molecule has 3 rings (SSSR count). The summed E-state index contributed by atoms with van der Waals surface area (Å²) in [5, 5.41) is 2.76. The van der Waals surface area contributed by atoms with Crippen molar-refractivity contribution in [2.24, 2.45) is 0 Å². The zero-order valence-corrected chi connectivity index (χ0v) is 17.1. The number of para-hydroxylation sites is 1. The molecule has 1 N–H and O–H groups in total. The largest absolute Gasteiger partial charge is 0.325 e. The van der Waals surface area contributed by atoms with Crippen LogP contribution < -0.4 is 5.32 Å². The van der Waals surface area contributed by atoms with Crippen molar-refractivity contribution in [2.75, 3.05) is 18.4 Å². The fraction of sp³-hybridized carbons (Fsp3) is 0.174. The molecule has 0 bridgehead atoms. The minimum atomic E-state index is -3.80. The second kappa shape index (κ2) is 9.49. The maximum absolute atomic E-state index is 13.2. The first kappa shape index (κ1) is 20.8. The SMILES string of the molecule is Cc1ccc(S(=O)(=O)N(CCc2ccccc2)CC(=O)Nc2ccccc2)cc1. The summed E-state index contributed by atoms with van der Waals surface area (Å²) in [6.45, 7) is 1.86. The first-order valence-corrected chi connectivity index (χ1v) is 10.8. The van der Waals surface area contributed by atoms with Crippen molar-refractivity contribution in [3.05, 3.63) is 96.1 Å². The number of nitrogens with one attached hydrogen (secondary N) is 1. The van der Waals surface area contributed by atoms with Crippen molar-refractivity contribution in [3.63, 3.8) is 0 Å². The Morgan fingerprint density at radius 1 is 0.862 bits per heavy atom. The molecule has 0 aromatic heterocycles. The van der Waals surface area contributed by atoms with Gasteiger partial charge in [0.1, 0.15) is 0 Å². The fourth-order valence-corrected chi connectivity index (χ4v) is 4.32. The maximum atomic E-state index is 13.2. The summed E-state index contributed by atoms with van der Waals surface area (Å²) in [7, 11) is -3.80. The van der Waals surface area contributed by atoms with Gasteiger partial charge in [0.05, 0.1) is 11.4 Å². The van der Waals surface area contributed by atoms with E-state index >= 15 is 0 Å². The van der Waals surface area contributed by atoms with E-state index in [9.17, 15) is 13.2 Å². The number of aryl methyl sites for hydroxylation is 1. The number of rotatable bonds is 8. The Morgan fingerprint density at radius 2 is 1.45 bits per heavy atom. The van der Waals surface area contributed by atoms with Gasteiger partial charge in [0.25, 0.3) is 0 Å². The van der Waals surface area contributed by atoms with Crippen LogP contribution in [0.3, 0.4) is 0 Å². The highest BCUT2D eigenvalue weighted by molar-refractivity contribution is 7.89. The Hall–Kier alpha value is -2.96. The van der Waals surface area contributed by atoms with E-state index < -0.39 is 10.0 Å². The molecule has 0 saturated carbocycles. The number of nitrogens with zero attached hydrogens (tertiary/aromatic N) is 1. The van der Waals surface area contributed by atoms with E-state index in [0.717, 1.165) is 11.1 Å². The van der Waals surface area contributed by atoms with Gasteiger partial charge in [-0.2, -0.15) is 4.31 Å². The third kappa shape index (κ3) is 5.76. The van der Waals surface area contributed by atoms with Crippen molar-refractivity contribution >= 4 is 21.6 Å². The molecule has 0 aliphatic carbocycles. The van der Waals surface area contributed by atoms with Crippen LogP contribution in [0.1, 0.15) is 11.1 Å². The number of hydrogen-bond acceptors (Lipinski definition) is 3. The third-order valence-electron chi connectivity index (χ3n) is 4.53. The Morgan fingerprint density at radius 3 is 2.07 bits per heavy atom. The quantitative estimate of drug-likeness (QED) is 0.615. The summed E-state index contributed by atoms with van der Waals surface area (Å²) in [5.41, 5.74) is 2.62. The maximum Gasteiger partial charge on any atom is 0.243 e. The molecule has 150 valence electrons. The van der Waals surface area contributed by atoms with Crippen LogP contribution in [-0.4, -0.2) is 31.7 Å². The standard InChI is InChI=1S/C23H24N2O3S/c1-19-12-14-22(15-13-19)29(27,28)25(17-16-20-8-4-2-5-9-20)18-23(26)24-21-10-6-3-7-11-21/h2-15H,16-18H2,1H3,(H,24,26). The summed E-state index contributed by atoms with van der Waals surface area (Å²) in [6.07, 6.45) is 0.518. The predicted octanol–water partition coefficient (Wildman–Crippen LogP) is 3.87. The van der Waals surface area contributed by atoms with Crippen molar-refractivity contribution in [3.8, 4) is 0 Å². The molecule has 0 heterocycles. The Bertz CT molecular complexity index is 1030. The lowest BCUT2D eigenvalue weighted by Crippen LogP contribution is -2.39. The molecular weight excluding hydrogens is 384 g/mol. The molecule has 5 nitrogen and oxygen atoms in total. The highest BCUT2D eigenvalue weighted by Gasteiger charge is 2.26. The van der Waals surface area contributed by atoms with Gasteiger partial charge in [-0.15, -0.1) is 0 Å². The third-order valence-corrected chi connectivity index (χ3v) is 6.39. The lowest BCUT2D eigenvalue weighted by atomic mass is 10.1. The zero-order valence-electron chi connectivity index (χ0n) is 16.3. The molecule has 29 heavy (non-hydrogen) atoms. The van der Waals surface area contributed by atoms with Crippen LogP contribution in [0, 0.1) is 6.92 Å². The van der Waals surface area contributed by atoms with E-state index in [0.29, 0.717) is 12.1 Å². The van der Waals surface area contributed by atoms with Gasteiger partial charge in [0.2, 0.25) is 15.9 Å². The number of hydrogen-bond donors (Lipinski definition) is 1. The lowest BCUT2D eigenvalue weighted by Gasteiger charge is -2.22. The van der Waals surface area contributed by atoms with Crippen molar-refractivity contribution < 1.29 is 13.2 Å². The molecule has 0 aliphatic rings. The van der Waals surface area contributed by atoms with Crippen molar-refractivity contribution in [1.82, 2.24) is 4.31 Å². The first-order valence-electron chi connectivity index (χ1n) is 9.41. The fourth-order valence-electron chi connectivity index (χ4n) is 2.92. The van der Waals surface area contributed by atoms with Gasteiger partial charge in [-0.1, -0.05) is 66.2 Å². The second-order valence-corrected chi connectivity index (χ2v) is 8.74. The average Bonchev–Trinajstić information content (AvgIpc) is 2.73. The van der Waals surface area contributed by atoms with Gasteiger partial charge in [0, 0.05) is 12.2 Å². The average molecular weight is 409 g/mol. The molecule has 0 aliphatic heterocycles. The number of amides is 1. The van der Waals surface area contributed by atoms with E-state index in [1.54, 1.807) is 36.4 Å². The van der Waals surface area contributed by atoms with E-state index in [2.05, 4.69) is 5.32 Å². The minimum absolute atomic E-state index is 0.184. The summed E-state index contributed by atoms with van der Waals surface area (Å²) in [4.78, 5) is 12.7. The summed E-state index contributed by atoms with van der Waals surface area (Å²) in [6, 6.07) is 25.3. The molecule has 0 saturated heterocycles. The minimum Gasteiger partial charge on any atom is -0.325 e. The van der Waals surface area contributed by atoms with Crippen LogP contribution in [0.4, 0.5) is 5.69 Å². The summed E-state index contributed by atoms with van der Waals surface area (Å²) >= 11 is 0. The number of anilines is 1. The topological polar surface area (TPSA) is 66.5 Å². The number of carbonyl (C=O) groups is 1. The van der Waals surface area contributed by atoms with Crippen molar-refractivity contribution in [2.45, 2.75) is 18.2 Å². The van der Waals surface area contributed by atoms with Gasteiger partial charge in [-0.05, 0) is 43.2 Å². The van der Waals surface area contributed by atoms with Crippen LogP contribution >= 0.6 is 0 Å². The predicted molar refractivity (Wildman–Crippen MR) is 115 cm³/mol. The van der Waals surface area contributed by atoms with E-state index in [1.807, 2.05) is 55.5 Å². The normalized spacial score (nSPS) is 11.4. The molecule has 1 amide bonds. The second-order valence-electron chi connectivity index (χ2n) is 6.80. The molecule has 3 aromatic rings. The Balaban J connectivity index is 1.80. The molecule has 6 heteroatoms. The highest BCUT2D eigenvalue weighted by Crippen LogP contribution is 2.17. The van der Waals surface area contributed by atoms with E-state index in [4.69, 9.17) is 0 Å².